The first kappa shape index (κ1) is 19.4. The maximum Gasteiger partial charge on any atom is 0.391 e. The molecule has 0 bridgehead atoms. The van der Waals surface area contributed by atoms with Crippen molar-refractivity contribution in [3.05, 3.63) is 52.2 Å². The summed E-state index contributed by atoms with van der Waals surface area (Å²) in [5, 5.41) is 7.16. The first-order chi connectivity index (χ1) is 12.8. The van der Waals surface area contributed by atoms with Crippen LogP contribution in [0.2, 0.25) is 0 Å². The molecule has 1 fully saturated rings. The second-order valence-corrected chi connectivity index (χ2v) is 7.50. The van der Waals surface area contributed by atoms with Gasteiger partial charge in [-0.15, -0.1) is 11.3 Å². The van der Waals surface area contributed by atoms with Gasteiger partial charge in [-0.25, -0.2) is 0 Å². The summed E-state index contributed by atoms with van der Waals surface area (Å²) in [5.74, 6) is -2.20. The van der Waals surface area contributed by atoms with Crippen LogP contribution in [0.3, 0.4) is 0 Å². The van der Waals surface area contributed by atoms with Gasteiger partial charge in [-0.2, -0.15) is 13.2 Å². The van der Waals surface area contributed by atoms with E-state index in [4.69, 9.17) is 0 Å². The summed E-state index contributed by atoms with van der Waals surface area (Å²) in [7, 11) is 0. The number of halogens is 3. The predicted octanol–water partition coefficient (Wildman–Crippen LogP) is 4.85. The van der Waals surface area contributed by atoms with Gasteiger partial charge in [0, 0.05) is 6.04 Å². The van der Waals surface area contributed by atoms with Crippen molar-refractivity contribution < 1.29 is 22.8 Å². The molecule has 1 saturated carbocycles. The molecular weight excluding hydrogens is 377 g/mol. The third-order valence-electron chi connectivity index (χ3n) is 4.64. The maximum atomic E-state index is 13.0. The highest BCUT2D eigenvalue weighted by molar-refractivity contribution is 7.12. The molecule has 3 rings (SSSR count). The van der Waals surface area contributed by atoms with E-state index in [9.17, 15) is 22.8 Å². The minimum Gasteiger partial charge on any atom is -0.349 e. The number of hydrogen-bond acceptors (Lipinski definition) is 3. The van der Waals surface area contributed by atoms with Gasteiger partial charge in [0.2, 0.25) is 0 Å². The Hall–Kier alpha value is -2.35. The highest BCUT2D eigenvalue weighted by Gasteiger charge is 2.42. The largest absolute Gasteiger partial charge is 0.391 e. The lowest BCUT2D eigenvalue weighted by molar-refractivity contribution is -0.183. The molecule has 1 heterocycles. The summed E-state index contributed by atoms with van der Waals surface area (Å²) in [5.41, 5.74) is 0.563. The molecule has 2 aromatic rings. The van der Waals surface area contributed by atoms with Crippen LogP contribution in [0, 0.1) is 5.92 Å². The summed E-state index contributed by atoms with van der Waals surface area (Å²) >= 11 is 1.28. The fraction of sp³-hybridized carbons (Fsp3) is 0.368. The van der Waals surface area contributed by atoms with Crippen LogP contribution >= 0.6 is 11.3 Å². The number of carbonyl (C=O) groups excluding carboxylic acids is 2. The first-order valence-electron chi connectivity index (χ1n) is 8.66. The molecule has 2 amide bonds. The zero-order valence-corrected chi connectivity index (χ0v) is 15.2. The summed E-state index contributed by atoms with van der Waals surface area (Å²) < 4.78 is 38.9. The van der Waals surface area contributed by atoms with Gasteiger partial charge in [-0.3, -0.25) is 9.59 Å². The highest BCUT2D eigenvalue weighted by Crippen LogP contribution is 2.37. The molecule has 1 aromatic heterocycles. The van der Waals surface area contributed by atoms with E-state index in [2.05, 4.69) is 10.6 Å². The Labute approximate surface area is 158 Å². The minimum atomic E-state index is -4.24. The van der Waals surface area contributed by atoms with Crippen molar-refractivity contribution >= 4 is 28.8 Å². The first-order valence-corrected chi connectivity index (χ1v) is 9.54. The van der Waals surface area contributed by atoms with Crippen LogP contribution in [-0.4, -0.2) is 24.0 Å². The number of rotatable bonds is 4. The molecule has 2 atom stereocenters. The summed E-state index contributed by atoms with van der Waals surface area (Å²) in [6.45, 7) is 0. The Morgan fingerprint density at radius 3 is 2.52 bits per heavy atom. The Kier molecular flexibility index (Phi) is 5.84. The van der Waals surface area contributed by atoms with E-state index >= 15 is 0 Å². The fourth-order valence-electron chi connectivity index (χ4n) is 3.26. The lowest BCUT2D eigenvalue weighted by Gasteiger charge is -2.31. The van der Waals surface area contributed by atoms with Gasteiger partial charge >= 0.3 is 6.18 Å². The number of carbonyl (C=O) groups is 2. The molecule has 0 aliphatic heterocycles. The molecule has 0 saturated heterocycles. The zero-order chi connectivity index (χ0) is 19.4. The van der Waals surface area contributed by atoms with Crippen molar-refractivity contribution in [2.45, 2.75) is 37.9 Å². The highest BCUT2D eigenvalue weighted by atomic mass is 32.1. The van der Waals surface area contributed by atoms with Crippen LogP contribution in [0.15, 0.2) is 41.8 Å². The lowest BCUT2D eigenvalue weighted by Crippen LogP contribution is -2.41. The predicted molar refractivity (Wildman–Crippen MR) is 98.0 cm³/mol. The van der Waals surface area contributed by atoms with Gasteiger partial charge in [0.1, 0.15) is 0 Å². The van der Waals surface area contributed by atoms with Crippen molar-refractivity contribution in [1.82, 2.24) is 5.32 Å². The molecule has 0 radical (unpaired) electrons. The van der Waals surface area contributed by atoms with Crippen LogP contribution in [0.25, 0.3) is 0 Å². The average molecular weight is 396 g/mol. The van der Waals surface area contributed by atoms with Crippen molar-refractivity contribution in [3.63, 3.8) is 0 Å². The molecule has 1 aromatic carbocycles. The molecule has 0 spiro atoms. The SMILES string of the molecule is O=C(Nc1ccccc1C(=O)NC1CCCC(C(F)(F)F)C1)c1cccs1. The van der Waals surface area contributed by atoms with Crippen LogP contribution in [0.5, 0.6) is 0 Å². The van der Waals surface area contributed by atoms with Crippen molar-refractivity contribution in [3.8, 4) is 0 Å². The average Bonchev–Trinajstić information content (AvgIpc) is 3.16. The zero-order valence-electron chi connectivity index (χ0n) is 14.4. The van der Waals surface area contributed by atoms with Gasteiger partial charge in [-0.05, 0) is 42.8 Å². The van der Waals surface area contributed by atoms with Gasteiger partial charge in [0.15, 0.2) is 0 Å². The number of hydrogen-bond donors (Lipinski definition) is 2. The molecule has 144 valence electrons. The molecule has 4 nitrogen and oxygen atoms in total. The Morgan fingerprint density at radius 1 is 1.04 bits per heavy atom. The summed E-state index contributed by atoms with van der Waals surface area (Å²) in [4.78, 5) is 25.4. The van der Waals surface area contributed by atoms with Gasteiger partial charge in [0.05, 0.1) is 22.0 Å². The van der Waals surface area contributed by atoms with E-state index in [0.717, 1.165) is 0 Å². The molecule has 8 heteroatoms. The number of nitrogens with one attached hydrogen (secondary N) is 2. The second kappa shape index (κ2) is 8.12. The maximum absolute atomic E-state index is 13.0. The van der Waals surface area contributed by atoms with E-state index in [0.29, 0.717) is 23.4 Å². The topological polar surface area (TPSA) is 58.2 Å². The number of benzene rings is 1. The number of para-hydroxylation sites is 1. The Bertz CT molecular complexity index is 806. The number of anilines is 1. The Morgan fingerprint density at radius 2 is 1.81 bits per heavy atom. The smallest absolute Gasteiger partial charge is 0.349 e. The molecule has 1 aliphatic carbocycles. The van der Waals surface area contributed by atoms with Crippen molar-refractivity contribution in [1.29, 1.82) is 0 Å². The van der Waals surface area contributed by atoms with E-state index in [1.165, 1.54) is 11.3 Å². The van der Waals surface area contributed by atoms with Gasteiger partial charge < -0.3 is 10.6 Å². The third-order valence-corrected chi connectivity index (χ3v) is 5.51. The fourth-order valence-corrected chi connectivity index (χ4v) is 3.88. The summed E-state index contributed by atoms with van der Waals surface area (Å²) in [6.07, 6.45) is -3.31. The van der Waals surface area contributed by atoms with E-state index in [1.807, 2.05) is 0 Å². The van der Waals surface area contributed by atoms with Crippen LogP contribution in [-0.2, 0) is 0 Å². The normalized spacial score (nSPS) is 20.1. The second-order valence-electron chi connectivity index (χ2n) is 6.55. The number of amides is 2. The van der Waals surface area contributed by atoms with E-state index in [-0.39, 0.29) is 24.3 Å². The third kappa shape index (κ3) is 4.88. The standard InChI is InChI=1S/C19H19F3N2O2S/c20-19(21,22)12-5-3-6-13(11-12)23-17(25)14-7-1-2-8-15(14)24-18(26)16-9-4-10-27-16/h1-2,4,7-10,12-13H,3,5-6,11H2,(H,23,25)(H,24,26). The molecule has 2 N–H and O–H groups in total. The van der Waals surface area contributed by atoms with Crippen molar-refractivity contribution in [2.24, 2.45) is 5.92 Å². The van der Waals surface area contributed by atoms with Gasteiger partial charge in [0.25, 0.3) is 11.8 Å². The monoisotopic (exact) mass is 396 g/mol. The molecular formula is C19H19F3N2O2S. The van der Waals surface area contributed by atoms with Crippen molar-refractivity contribution in [2.75, 3.05) is 5.32 Å². The molecule has 2 unspecified atom stereocenters. The quantitative estimate of drug-likeness (QED) is 0.776. The van der Waals surface area contributed by atoms with Crippen LogP contribution in [0.1, 0.15) is 45.7 Å². The lowest BCUT2D eigenvalue weighted by atomic mass is 9.85. The Balaban J connectivity index is 1.69. The molecule has 1 aliphatic rings. The minimum absolute atomic E-state index is 0.101. The number of thiophene rings is 1. The number of alkyl halides is 3. The summed E-state index contributed by atoms with van der Waals surface area (Å²) in [6, 6.07) is 9.36. The van der Waals surface area contributed by atoms with E-state index in [1.54, 1.807) is 41.8 Å². The van der Waals surface area contributed by atoms with E-state index < -0.39 is 24.0 Å². The molecule has 27 heavy (non-hydrogen) atoms. The van der Waals surface area contributed by atoms with Crippen LogP contribution < -0.4 is 10.6 Å². The van der Waals surface area contributed by atoms with Gasteiger partial charge in [-0.1, -0.05) is 24.6 Å². The van der Waals surface area contributed by atoms with Crippen LogP contribution in [0.4, 0.5) is 18.9 Å².